The molecule has 16 heavy (non-hydrogen) atoms. The monoisotopic (exact) mass is 220 g/mol. The van der Waals surface area contributed by atoms with Crippen LogP contribution in [0.3, 0.4) is 0 Å². The van der Waals surface area contributed by atoms with E-state index >= 15 is 0 Å². The maximum atomic E-state index is 10.7. The molecule has 0 saturated heterocycles. The molecule has 1 rings (SSSR count). The lowest BCUT2D eigenvalue weighted by atomic mass is 9.96. The molecule has 0 aliphatic rings. The summed E-state index contributed by atoms with van der Waals surface area (Å²) < 4.78 is 0. The molecule has 86 valence electrons. The van der Waals surface area contributed by atoms with Crippen molar-refractivity contribution in [1.29, 1.82) is 0 Å². The summed E-state index contributed by atoms with van der Waals surface area (Å²) in [6.45, 7) is 1.92. The summed E-state index contributed by atoms with van der Waals surface area (Å²) in [5, 5.41) is 21.1. The van der Waals surface area contributed by atoms with E-state index in [0.717, 1.165) is 11.1 Å². The highest BCUT2D eigenvalue weighted by atomic mass is 16.4. The highest BCUT2D eigenvalue weighted by Crippen LogP contribution is 2.12. The number of hydrogen-bond acceptors (Lipinski definition) is 4. The Morgan fingerprint density at radius 1 is 1.19 bits per heavy atom. The van der Waals surface area contributed by atoms with Gasteiger partial charge in [0.15, 0.2) is 0 Å². The molecule has 0 fully saturated rings. The van der Waals surface area contributed by atoms with Gasteiger partial charge in [0.05, 0.1) is 0 Å². The standard InChI is InChI=1S/C12H14O4/c1-8-2-4-9(5-3-8)6-10(12(15)16)7-11(13)14/h2-5,10H,6-7H2,1H3,(H,13,14)(H,15,16)/p-2/t10-/m0/s1. The van der Waals surface area contributed by atoms with E-state index in [0.29, 0.717) is 0 Å². The summed E-state index contributed by atoms with van der Waals surface area (Å²) in [5.41, 5.74) is 1.84. The van der Waals surface area contributed by atoms with Crippen LogP contribution in [0.5, 0.6) is 0 Å². The molecule has 0 heterocycles. The molecule has 4 heteroatoms. The maximum absolute atomic E-state index is 10.7. The van der Waals surface area contributed by atoms with Crippen molar-refractivity contribution >= 4 is 11.9 Å². The largest absolute Gasteiger partial charge is 0.550 e. The molecule has 1 aromatic carbocycles. The van der Waals surface area contributed by atoms with E-state index < -0.39 is 24.3 Å². The van der Waals surface area contributed by atoms with Crippen LogP contribution in [0.1, 0.15) is 17.5 Å². The lowest BCUT2D eigenvalue weighted by Crippen LogP contribution is -2.37. The molecular formula is C12H12O4-2. The van der Waals surface area contributed by atoms with Crippen molar-refractivity contribution in [3.8, 4) is 0 Å². The summed E-state index contributed by atoms with van der Waals surface area (Å²) >= 11 is 0. The Morgan fingerprint density at radius 2 is 1.75 bits per heavy atom. The van der Waals surface area contributed by atoms with Gasteiger partial charge in [-0.15, -0.1) is 0 Å². The Kier molecular flexibility index (Phi) is 4.05. The fourth-order valence-corrected chi connectivity index (χ4v) is 1.45. The van der Waals surface area contributed by atoms with Crippen LogP contribution in [0.4, 0.5) is 0 Å². The minimum absolute atomic E-state index is 0.149. The van der Waals surface area contributed by atoms with Gasteiger partial charge in [0.2, 0.25) is 0 Å². The Balaban J connectivity index is 2.71. The predicted octanol–water partition coefficient (Wildman–Crippen LogP) is -0.956. The molecule has 0 aromatic heterocycles. The quantitative estimate of drug-likeness (QED) is 0.640. The second-order valence-corrected chi connectivity index (χ2v) is 3.78. The van der Waals surface area contributed by atoms with E-state index in [1.54, 1.807) is 12.1 Å². The first-order chi connectivity index (χ1) is 7.49. The third kappa shape index (κ3) is 3.73. The van der Waals surface area contributed by atoms with Gasteiger partial charge in [0, 0.05) is 17.9 Å². The number of carbonyl (C=O) groups excluding carboxylic acids is 2. The first kappa shape index (κ1) is 12.2. The molecule has 4 nitrogen and oxygen atoms in total. The number of benzene rings is 1. The fourth-order valence-electron chi connectivity index (χ4n) is 1.45. The van der Waals surface area contributed by atoms with Gasteiger partial charge >= 0.3 is 0 Å². The van der Waals surface area contributed by atoms with E-state index in [-0.39, 0.29) is 6.42 Å². The molecule has 1 atom stereocenters. The van der Waals surface area contributed by atoms with Gasteiger partial charge in [0.1, 0.15) is 0 Å². The van der Waals surface area contributed by atoms with Crippen LogP contribution < -0.4 is 10.2 Å². The maximum Gasteiger partial charge on any atom is 0.0452 e. The van der Waals surface area contributed by atoms with Crippen molar-refractivity contribution in [3.63, 3.8) is 0 Å². The van der Waals surface area contributed by atoms with E-state index in [1.807, 2.05) is 19.1 Å². The van der Waals surface area contributed by atoms with E-state index in [9.17, 15) is 19.8 Å². The number of aryl methyl sites for hydroxylation is 1. The van der Waals surface area contributed by atoms with Crippen LogP contribution >= 0.6 is 0 Å². The lowest BCUT2D eigenvalue weighted by molar-refractivity contribution is -0.320. The summed E-state index contributed by atoms with van der Waals surface area (Å²) in [5.74, 6) is -3.77. The Morgan fingerprint density at radius 3 is 2.19 bits per heavy atom. The zero-order valence-electron chi connectivity index (χ0n) is 8.93. The number of carbonyl (C=O) groups is 2. The molecule has 0 N–H and O–H groups in total. The van der Waals surface area contributed by atoms with Crippen molar-refractivity contribution in [2.24, 2.45) is 5.92 Å². The minimum Gasteiger partial charge on any atom is -0.550 e. The van der Waals surface area contributed by atoms with Crippen molar-refractivity contribution in [1.82, 2.24) is 0 Å². The lowest BCUT2D eigenvalue weighted by Gasteiger charge is -2.18. The number of carboxylic acid groups (broad SMARTS) is 2. The van der Waals surface area contributed by atoms with Crippen LogP contribution in [-0.2, 0) is 16.0 Å². The van der Waals surface area contributed by atoms with E-state index in [4.69, 9.17) is 0 Å². The molecule has 0 amide bonds. The average molecular weight is 220 g/mol. The Bertz CT molecular complexity index is 381. The smallest absolute Gasteiger partial charge is 0.0452 e. The SMILES string of the molecule is Cc1ccc(C[C@@H](CC(=O)[O-])C(=O)[O-])cc1. The van der Waals surface area contributed by atoms with Gasteiger partial charge in [0.25, 0.3) is 0 Å². The number of carboxylic acids is 2. The van der Waals surface area contributed by atoms with Crippen LogP contribution in [0.25, 0.3) is 0 Å². The molecule has 0 unspecified atom stereocenters. The minimum atomic E-state index is -1.37. The van der Waals surface area contributed by atoms with Crippen molar-refractivity contribution in [3.05, 3.63) is 35.4 Å². The normalized spacial score (nSPS) is 12.1. The highest BCUT2D eigenvalue weighted by Gasteiger charge is 2.11. The molecule has 0 aliphatic heterocycles. The Hall–Kier alpha value is -1.84. The van der Waals surface area contributed by atoms with Crippen molar-refractivity contribution in [2.45, 2.75) is 19.8 Å². The number of hydrogen-bond donors (Lipinski definition) is 0. The van der Waals surface area contributed by atoms with Crippen LogP contribution in [-0.4, -0.2) is 11.9 Å². The zero-order chi connectivity index (χ0) is 12.1. The summed E-state index contributed by atoms with van der Waals surface area (Å²) in [6.07, 6.45) is -0.368. The number of aliphatic carboxylic acids is 2. The third-order valence-electron chi connectivity index (χ3n) is 2.35. The summed E-state index contributed by atoms with van der Waals surface area (Å²) in [7, 11) is 0. The van der Waals surface area contributed by atoms with Crippen molar-refractivity contribution < 1.29 is 19.8 Å². The first-order valence-electron chi connectivity index (χ1n) is 4.95. The van der Waals surface area contributed by atoms with Gasteiger partial charge in [-0.1, -0.05) is 29.8 Å². The van der Waals surface area contributed by atoms with Gasteiger partial charge in [-0.3, -0.25) is 0 Å². The average Bonchev–Trinajstić information content (AvgIpc) is 2.19. The van der Waals surface area contributed by atoms with Gasteiger partial charge in [-0.05, 0) is 25.3 Å². The van der Waals surface area contributed by atoms with Crippen LogP contribution in [0.2, 0.25) is 0 Å². The van der Waals surface area contributed by atoms with E-state index in [1.165, 1.54) is 0 Å². The predicted molar refractivity (Wildman–Crippen MR) is 53.0 cm³/mol. The molecule has 0 spiro atoms. The summed E-state index contributed by atoms with van der Waals surface area (Å²) in [4.78, 5) is 21.1. The fraction of sp³-hybridized carbons (Fsp3) is 0.333. The molecule has 0 saturated carbocycles. The zero-order valence-corrected chi connectivity index (χ0v) is 8.93. The molecule has 1 aromatic rings. The molecule has 0 radical (unpaired) electrons. The van der Waals surface area contributed by atoms with Crippen molar-refractivity contribution in [2.75, 3.05) is 0 Å². The first-order valence-corrected chi connectivity index (χ1v) is 4.95. The molecular weight excluding hydrogens is 208 g/mol. The topological polar surface area (TPSA) is 80.3 Å². The van der Waals surface area contributed by atoms with Gasteiger partial charge in [-0.25, -0.2) is 0 Å². The Labute approximate surface area is 93.5 Å². The third-order valence-corrected chi connectivity index (χ3v) is 2.35. The van der Waals surface area contributed by atoms with Gasteiger partial charge in [-0.2, -0.15) is 0 Å². The second-order valence-electron chi connectivity index (χ2n) is 3.78. The van der Waals surface area contributed by atoms with E-state index in [2.05, 4.69) is 0 Å². The molecule has 0 aliphatic carbocycles. The molecule has 0 bridgehead atoms. The highest BCUT2D eigenvalue weighted by molar-refractivity contribution is 5.75. The second kappa shape index (κ2) is 5.30. The summed E-state index contributed by atoms with van der Waals surface area (Å²) in [6, 6.07) is 7.25. The van der Waals surface area contributed by atoms with Crippen LogP contribution in [0, 0.1) is 12.8 Å². The van der Waals surface area contributed by atoms with Crippen LogP contribution in [0.15, 0.2) is 24.3 Å². The van der Waals surface area contributed by atoms with Gasteiger partial charge < -0.3 is 19.8 Å². The number of rotatable bonds is 5.